The first-order valence-electron chi connectivity index (χ1n) is 7.03. The number of anilines is 1. The van der Waals surface area contributed by atoms with Crippen LogP contribution in [0.3, 0.4) is 0 Å². The number of pyridine rings is 1. The van der Waals surface area contributed by atoms with Crippen LogP contribution in [0.25, 0.3) is 0 Å². The summed E-state index contributed by atoms with van der Waals surface area (Å²) in [5, 5.41) is -0.0511. The van der Waals surface area contributed by atoms with E-state index in [4.69, 9.17) is 16.3 Å². The Hall–Kier alpha value is -1.54. The number of piperazine rings is 1. The molecule has 0 saturated carbocycles. The Morgan fingerprint density at radius 3 is 2.43 bits per heavy atom. The molecule has 1 aliphatic heterocycles. The molecule has 1 fully saturated rings. The minimum absolute atomic E-state index is 0.0511. The van der Waals surface area contributed by atoms with Gasteiger partial charge in [-0.3, -0.25) is 4.79 Å². The third kappa shape index (κ3) is 4.06. The topological polar surface area (TPSA) is 45.7 Å². The highest BCUT2D eigenvalue weighted by molar-refractivity contribution is 6.33. The predicted molar refractivity (Wildman–Crippen MR) is 79.5 cm³/mol. The molecule has 0 bridgehead atoms. The molecule has 0 radical (unpaired) electrons. The lowest BCUT2D eigenvalue weighted by molar-refractivity contribution is -0.141. The van der Waals surface area contributed by atoms with Crippen LogP contribution in [-0.4, -0.2) is 55.2 Å². The van der Waals surface area contributed by atoms with Gasteiger partial charge in [0.15, 0.2) is 0 Å². The fourth-order valence-electron chi connectivity index (χ4n) is 2.31. The number of carbonyl (C=O) groups excluding carboxylic acids is 1. The van der Waals surface area contributed by atoms with Gasteiger partial charge in [-0.05, 0) is 13.0 Å². The van der Waals surface area contributed by atoms with Crippen molar-refractivity contribution in [3.05, 3.63) is 22.8 Å². The zero-order chi connectivity index (χ0) is 17.2. The number of hydrogen-bond donors (Lipinski definition) is 0. The van der Waals surface area contributed by atoms with Crippen molar-refractivity contribution in [3.8, 4) is 0 Å². The molecule has 1 aliphatic rings. The van der Waals surface area contributed by atoms with Crippen molar-refractivity contribution in [2.75, 3.05) is 38.2 Å². The first kappa shape index (κ1) is 17.8. The van der Waals surface area contributed by atoms with Crippen LogP contribution in [0.2, 0.25) is 5.02 Å². The van der Waals surface area contributed by atoms with Gasteiger partial charge in [-0.15, -0.1) is 0 Å². The molecule has 1 saturated heterocycles. The normalized spacial score (nSPS) is 17.3. The molecule has 128 valence electrons. The van der Waals surface area contributed by atoms with Crippen molar-refractivity contribution in [2.24, 2.45) is 0 Å². The largest absolute Gasteiger partial charge is 0.417 e. The number of halogens is 4. The number of hydrogen-bond acceptors (Lipinski definition) is 4. The predicted octanol–water partition coefficient (Wildman–Crippen LogP) is 2.44. The number of aromatic nitrogens is 1. The van der Waals surface area contributed by atoms with Crippen molar-refractivity contribution < 1.29 is 22.7 Å². The van der Waals surface area contributed by atoms with Crippen molar-refractivity contribution >= 4 is 23.3 Å². The maximum Gasteiger partial charge on any atom is 0.417 e. The summed E-state index contributed by atoms with van der Waals surface area (Å²) in [6.07, 6.45) is -4.23. The number of ether oxygens (including phenoxy) is 1. The molecule has 0 N–H and O–H groups in total. The molecule has 5 nitrogen and oxygen atoms in total. The molecular formula is C14H17ClF3N3O2. The number of rotatable bonds is 3. The van der Waals surface area contributed by atoms with Gasteiger partial charge in [0.05, 0.1) is 10.6 Å². The van der Waals surface area contributed by atoms with Gasteiger partial charge in [-0.1, -0.05) is 11.6 Å². The third-order valence-corrected chi connectivity index (χ3v) is 4.02. The summed E-state index contributed by atoms with van der Waals surface area (Å²) in [4.78, 5) is 19.3. The van der Waals surface area contributed by atoms with Crippen LogP contribution < -0.4 is 4.90 Å². The van der Waals surface area contributed by atoms with Crippen LogP contribution in [0.15, 0.2) is 12.3 Å². The van der Waals surface area contributed by atoms with Crippen LogP contribution in [0.5, 0.6) is 0 Å². The Morgan fingerprint density at radius 1 is 1.35 bits per heavy atom. The summed E-state index contributed by atoms with van der Waals surface area (Å²) in [7, 11) is 1.46. The highest BCUT2D eigenvalue weighted by Gasteiger charge is 2.32. The molecule has 9 heteroatoms. The Morgan fingerprint density at radius 2 is 1.96 bits per heavy atom. The maximum absolute atomic E-state index is 12.6. The van der Waals surface area contributed by atoms with Crippen molar-refractivity contribution in [3.63, 3.8) is 0 Å². The Kier molecular flexibility index (Phi) is 5.36. The fourth-order valence-corrected chi connectivity index (χ4v) is 2.60. The first-order chi connectivity index (χ1) is 10.7. The highest BCUT2D eigenvalue weighted by atomic mass is 35.5. The maximum atomic E-state index is 12.6. The Labute approximate surface area is 137 Å². The molecule has 2 heterocycles. The van der Waals surface area contributed by atoms with E-state index >= 15 is 0 Å². The Bertz CT molecular complexity index is 575. The zero-order valence-electron chi connectivity index (χ0n) is 12.7. The molecule has 2 rings (SSSR count). The average Bonchev–Trinajstić information content (AvgIpc) is 2.52. The summed E-state index contributed by atoms with van der Waals surface area (Å²) in [6.45, 7) is 3.43. The summed E-state index contributed by atoms with van der Waals surface area (Å²) >= 11 is 5.94. The molecule has 0 unspecified atom stereocenters. The van der Waals surface area contributed by atoms with Crippen LogP contribution >= 0.6 is 11.6 Å². The smallest absolute Gasteiger partial charge is 0.372 e. The van der Waals surface area contributed by atoms with Crippen LogP contribution in [0.4, 0.5) is 19.0 Å². The third-order valence-electron chi connectivity index (χ3n) is 3.74. The molecular weight excluding hydrogens is 335 g/mol. The van der Waals surface area contributed by atoms with E-state index < -0.39 is 17.8 Å². The summed E-state index contributed by atoms with van der Waals surface area (Å²) in [5.41, 5.74) is -0.881. The lowest BCUT2D eigenvalue weighted by Crippen LogP contribution is -2.51. The van der Waals surface area contributed by atoms with Crippen LogP contribution in [0.1, 0.15) is 12.5 Å². The fraction of sp³-hybridized carbons (Fsp3) is 0.571. The Balaban J connectivity index is 2.05. The molecule has 1 amide bonds. The second kappa shape index (κ2) is 6.92. The summed E-state index contributed by atoms with van der Waals surface area (Å²) in [6, 6.07) is 0.869. The second-order valence-electron chi connectivity index (χ2n) is 5.22. The number of nitrogens with zero attached hydrogens (tertiary/aromatic N) is 3. The minimum Gasteiger partial charge on any atom is -0.372 e. The van der Waals surface area contributed by atoms with E-state index in [-0.39, 0.29) is 10.9 Å². The quantitative estimate of drug-likeness (QED) is 0.839. The van der Waals surface area contributed by atoms with E-state index in [9.17, 15) is 18.0 Å². The van der Waals surface area contributed by atoms with E-state index in [0.717, 1.165) is 12.3 Å². The van der Waals surface area contributed by atoms with Crippen LogP contribution in [0, 0.1) is 0 Å². The van der Waals surface area contributed by atoms with E-state index in [1.165, 1.54) is 7.11 Å². The van der Waals surface area contributed by atoms with E-state index in [0.29, 0.717) is 32.0 Å². The van der Waals surface area contributed by atoms with Gasteiger partial charge in [0.1, 0.15) is 11.9 Å². The average molecular weight is 352 g/mol. The molecule has 1 aromatic heterocycles. The van der Waals surface area contributed by atoms with Crippen LogP contribution in [-0.2, 0) is 15.7 Å². The molecule has 1 atom stereocenters. The van der Waals surface area contributed by atoms with Gasteiger partial charge >= 0.3 is 6.18 Å². The molecule has 0 aromatic carbocycles. The summed E-state index contributed by atoms with van der Waals surface area (Å²) in [5.74, 6) is 0.185. The first-order valence-corrected chi connectivity index (χ1v) is 7.41. The molecule has 1 aromatic rings. The van der Waals surface area contributed by atoms with Crippen molar-refractivity contribution in [1.29, 1.82) is 0 Å². The van der Waals surface area contributed by atoms with Gasteiger partial charge < -0.3 is 14.5 Å². The lowest BCUT2D eigenvalue weighted by Gasteiger charge is -2.36. The van der Waals surface area contributed by atoms with E-state index in [1.807, 2.05) is 0 Å². The SMILES string of the molecule is CO[C@H](C)C(=O)N1CCN(c2ncc(C(F)(F)F)cc2Cl)CC1. The monoisotopic (exact) mass is 351 g/mol. The van der Waals surface area contributed by atoms with Crippen molar-refractivity contribution in [1.82, 2.24) is 9.88 Å². The van der Waals surface area contributed by atoms with E-state index in [1.54, 1.807) is 16.7 Å². The van der Waals surface area contributed by atoms with Gasteiger partial charge in [-0.25, -0.2) is 4.98 Å². The van der Waals surface area contributed by atoms with E-state index in [2.05, 4.69) is 4.98 Å². The highest BCUT2D eigenvalue weighted by Crippen LogP contribution is 2.33. The minimum atomic E-state index is -4.48. The molecule has 23 heavy (non-hydrogen) atoms. The number of alkyl halides is 3. The van der Waals surface area contributed by atoms with Gasteiger partial charge in [0, 0.05) is 39.5 Å². The zero-order valence-corrected chi connectivity index (χ0v) is 13.5. The lowest BCUT2D eigenvalue weighted by atomic mass is 10.2. The van der Waals surface area contributed by atoms with Gasteiger partial charge in [-0.2, -0.15) is 13.2 Å². The molecule has 0 aliphatic carbocycles. The standard InChI is InChI=1S/C14H17ClF3N3O2/c1-9(23-2)13(22)21-5-3-20(4-6-21)12-11(15)7-10(8-19-12)14(16,17)18/h7-9H,3-6H2,1-2H3/t9-/m1/s1. The number of carbonyl (C=O) groups is 1. The number of amides is 1. The van der Waals surface area contributed by atoms with Gasteiger partial charge in [0.25, 0.3) is 5.91 Å². The molecule has 0 spiro atoms. The van der Waals surface area contributed by atoms with Crippen molar-refractivity contribution in [2.45, 2.75) is 19.2 Å². The summed E-state index contributed by atoms with van der Waals surface area (Å²) < 4.78 is 42.9. The number of methoxy groups -OCH3 is 1. The van der Waals surface area contributed by atoms with Gasteiger partial charge in [0.2, 0.25) is 0 Å². The second-order valence-corrected chi connectivity index (χ2v) is 5.62.